The lowest BCUT2D eigenvalue weighted by Crippen LogP contribution is -2.29. The molecule has 6 heteroatoms. The number of hydrogen-bond donors (Lipinski definition) is 2. The van der Waals surface area contributed by atoms with Gasteiger partial charge in [0.1, 0.15) is 17.8 Å². The molecule has 2 rings (SSSR count). The lowest BCUT2D eigenvalue weighted by atomic mass is 10.1. The van der Waals surface area contributed by atoms with Crippen LogP contribution in [0.25, 0.3) is 0 Å². The Morgan fingerprint density at radius 2 is 2.15 bits per heavy atom. The molecular formula is C14H14FN3O2. The van der Waals surface area contributed by atoms with Crippen LogP contribution in [-0.4, -0.2) is 27.5 Å². The van der Waals surface area contributed by atoms with E-state index in [1.165, 1.54) is 30.6 Å². The van der Waals surface area contributed by atoms with Crippen molar-refractivity contribution in [3.63, 3.8) is 0 Å². The molecule has 0 saturated carbocycles. The van der Waals surface area contributed by atoms with Crippen molar-refractivity contribution in [3.05, 3.63) is 59.4 Å². The lowest BCUT2D eigenvalue weighted by Gasteiger charge is -2.12. The molecule has 5 nitrogen and oxygen atoms in total. The summed E-state index contributed by atoms with van der Waals surface area (Å²) >= 11 is 0. The number of aliphatic hydroxyl groups excluding tert-OH is 1. The molecular weight excluding hydrogens is 261 g/mol. The summed E-state index contributed by atoms with van der Waals surface area (Å²) in [4.78, 5) is 19.5. The maximum absolute atomic E-state index is 13.4. The van der Waals surface area contributed by atoms with Crippen LogP contribution in [0.5, 0.6) is 0 Å². The van der Waals surface area contributed by atoms with E-state index >= 15 is 0 Å². The van der Waals surface area contributed by atoms with Gasteiger partial charge in [0, 0.05) is 17.8 Å². The zero-order chi connectivity index (χ0) is 14.5. The van der Waals surface area contributed by atoms with Gasteiger partial charge in [-0.1, -0.05) is 18.2 Å². The highest BCUT2D eigenvalue weighted by atomic mass is 19.1. The molecule has 0 radical (unpaired) electrons. The van der Waals surface area contributed by atoms with Crippen molar-refractivity contribution in [1.29, 1.82) is 0 Å². The topological polar surface area (TPSA) is 75.1 Å². The van der Waals surface area contributed by atoms with Crippen molar-refractivity contribution in [2.45, 2.75) is 13.0 Å². The SMILES string of the molecule is Cc1cc(C(=O)NCC(O)c2ccccc2F)ncn1. The zero-order valence-electron chi connectivity index (χ0n) is 10.9. The average Bonchev–Trinajstić information content (AvgIpc) is 2.45. The predicted molar refractivity (Wildman–Crippen MR) is 70.5 cm³/mol. The number of nitrogens with one attached hydrogen (secondary N) is 1. The minimum Gasteiger partial charge on any atom is -0.386 e. The average molecular weight is 275 g/mol. The quantitative estimate of drug-likeness (QED) is 0.884. The third kappa shape index (κ3) is 3.36. The van der Waals surface area contributed by atoms with E-state index < -0.39 is 17.8 Å². The Hall–Kier alpha value is -2.34. The first-order valence-corrected chi connectivity index (χ1v) is 6.07. The minimum atomic E-state index is -1.11. The highest BCUT2D eigenvalue weighted by molar-refractivity contribution is 5.92. The van der Waals surface area contributed by atoms with E-state index in [9.17, 15) is 14.3 Å². The Bertz CT molecular complexity index is 619. The van der Waals surface area contributed by atoms with E-state index in [1.54, 1.807) is 13.0 Å². The molecule has 0 bridgehead atoms. The summed E-state index contributed by atoms with van der Waals surface area (Å²) in [6.07, 6.45) is 0.181. The van der Waals surface area contributed by atoms with Gasteiger partial charge in [-0.05, 0) is 19.1 Å². The van der Waals surface area contributed by atoms with Gasteiger partial charge in [0.05, 0.1) is 6.10 Å². The summed E-state index contributed by atoms with van der Waals surface area (Å²) in [6, 6.07) is 7.42. The first-order chi connectivity index (χ1) is 9.58. The Labute approximate surface area is 115 Å². The molecule has 1 amide bonds. The van der Waals surface area contributed by atoms with Crippen molar-refractivity contribution in [2.24, 2.45) is 0 Å². The number of carbonyl (C=O) groups excluding carboxylic acids is 1. The highest BCUT2D eigenvalue weighted by Crippen LogP contribution is 2.15. The third-order valence-corrected chi connectivity index (χ3v) is 2.76. The number of hydrogen-bond acceptors (Lipinski definition) is 4. The normalized spacial score (nSPS) is 11.9. The number of benzene rings is 1. The van der Waals surface area contributed by atoms with E-state index in [4.69, 9.17) is 0 Å². The van der Waals surface area contributed by atoms with Crippen molar-refractivity contribution >= 4 is 5.91 Å². The summed E-state index contributed by atoms with van der Waals surface area (Å²) in [5, 5.41) is 12.4. The fraction of sp³-hybridized carbons (Fsp3) is 0.214. The molecule has 104 valence electrons. The van der Waals surface area contributed by atoms with Crippen LogP contribution >= 0.6 is 0 Å². The zero-order valence-corrected chi connectivity index (χ0v) is 10.9. The Morgan fingerprint density at radius 1 is 1.40 bits per heavy atom. The van der Waals surface area contributed by atoms with E-state index in [2.05, 4.69) is 15.3 Å². The second-order valence-corrected chi connectivity index (χ2v) is 4.29. The van der Waals surface area contributed by atoms with Crippen LogP contribution < -0.4 is 5.32 Å². The van der Waals surface area contributed by atoms with Gasteiger partial charge >= 0.3 is 0 Å². The van der Waals surface area contributed by atoms with Crippen LogP contribution in [-0.2, 0) is 0 Å². The summed E-state index contributed by atoms with van der Waals surface area (Å²) in [5.41, 5.74) is 1.02. The number of carbonyl (C=O) groups is 1. The fourth-order valence-corrected chi connectivity index (χ4v) is 1.71. The number of amides is 1. The molecule has 1 heterocycles. The fourth-order valence-electron chi connectivity index (χ4n) is 1.71. The smallest absolute Gasteiger partial charge is 0.270 e. The Balaban J connectivity index is 1.99. The minimum absolute atomic E-state index is 0.0944. The Morgan fingerprint density at radius 3 is 2.85 bits per heavy atom. The van der Waals surface area contributed by atoms with E-state index in [0.717, 1.165) is 0 Å². The van der Waals surface area contributed by atoms with Gasteiger partial charge in [-0.25, -0.2) is 14.4 Å². The molecule has 1 aromatic heterocycles. The highest BCUT2D eigenvalue weighted by Gasteiger charge is 2.14. The molecule has 0 fully saturated rings. The van der Waals surface area contributed by atoms with Crippen molar-refractivity contribution in [3.8, 4) is 0 Å². The monoisotopic (exact) mass is 275 g/mol. The predicted octanol–water partition coefficient (Wildman–Crippen LogP) is 1.39. The lowest BCUT2D eigenvalue weighted by molar-refractivity contribution is 0.0909. The van der Waals surface area contributed by atoms with Crippen LogP contribution in [0.4, 0.5) is 4.39 Å². The van der Waals surface area contributed by atoms with Crippen LogP contribution in [0.2, 0.25) is 0 Å². The maximum atomic E-state index is 13.4. The van der Waals surface area contributed by atoms with E-state index in [1.807, 2.05) is 0 Å². The molecule has 2 N–H and O–H groups in total. The standard InChI is InChI=1S/C14H14FN3O2/c1-9-6-12(18-8-17-9)14(20)16-7-13(19)10-4-2-3-5-11(10)15/h2-6,8,13,19H,7H2,1H3,(H,16,20). The van der Waals surface area contributed by atoms with Gasteiger partial charge in [-0.15, -0.1) is 0 Å². The van der Waals surface area contributed by atoms with Gasteiger partial charge in [0.15, 0.2) is 0 Å². The molecule has 0 aliphatic heterocycles. The second kappa shape index (κ2) is 6.21. The number of nitrogens with zero attached hydrogens (tertiary/aromatic N) is 2. The molecule has 2 aromatic rings. The number of rotatable bonds is 4. The van der Waals surface area contributed by atoms with Crippen LogP contribution in [0.1, 0.15) is 27.8 Å². The largest absolute Gasteiger partial charge is 0.386 e. The summed E-state index contributed by atoms with van der Waals surface area (Å²) in [6.45, 7) is 1.65. The second-order valence-electron chi connectivity index (χ2n) is 4.29. The molecule has 20 heavy (non-hydrogen) atoms. The number of aromatic nitrogens is 2. The molecule has 0 saturated heterocycles. The summed E-state index contributed by atoms with van der Waals surface area (Å²) in [5.74, 6) is -0.946. The van der Waals surface area contributed by atoms with Crippen LogP contribution in [0.15, 0.2) is 36.7 Å². The molecule has 0 aliphatic carbocycles. The number of halogens is 1. The maximum Gasteiger partial charge on any atom is 0.270 e. The first-order valence-electron chi connectivity index (χ1n) is 6.07. The van der Waals surface area contributed by atoms with Gasteiger partial charge in [-0.3, -0.25) is 4.79 Å². The van der Waals surface area contributed by atoms with Gasteiger partial charge in [0.2, 0.25) is 0 Å². The van der Waals surface area contributed by atoms with Gasteiger partial charge < -0.3 is 10.4 Å². The van der Waals surface area contributed by atoms with Crippen LogP contribution in [0.3, 0.4) is 0 Å². The summed E-state index contributed by atoms with van der Waals surface area (Å²) in [7, 11) is 0. The summed E-state index contributed by atoms with van der Waals surface area (Å²) < 4.78 is 13.4. The third-order valence-electron chi connectivity index (χ3n) is 2.76. The number of aliphatic hydroxyl groups is 1. The van der Waals surface area contributed by atoms with Crippen molar-refractivity contribution < 1.29 is 14.3 Å². The molecule has 0 aliphatic rings. The van der Waals surface area contributed by atoms with E-state index in [-0.39, 0.29) is 17.8 Å². The first kappa shape index (κ1) is 14.1. The van der Waals surface area contributed by atoms with E-state index in [0.29, 0.717) is 5.69 Å². The van der Waals surface area contributed by atoms with Gasteiger partial charge in [0.25, 0.3) is 5.91 Å². The molecule has 1 unspecified atom stereocenters. The van der Waals surface area contributed by atoms with Crippen molar-refractivity contribution in [2.75, 3.05) is 6.54 Å². The molecule has 1 atom stereocenters. The van der Waals surface area contributed by atoms with Crippen LogP contribution in [0, 0.1) is 12.7 Å². The van der Waals surface area contributed by atoms with Crippen molar-refractivity contribution in [1.82, 2.24) is 15.3 Å². The Kier molecular flexibility index (Phi) is 4.37. The number of aryl methyl sites for hydroxylation is 1. The molecule has 0 spiro atoms. The van der Waals surface area contributed by atoms with Gasteiger partial charge in [-0.2, -0.15) is 0 Å². The molecule has 1 aromatic carbocycles.